The molecular formula is C16H20N6O2. The molecule has 126 valence electrons. The summed E-state index contributed by atoms with van der Waals surface area (Å²) in [4.78, 5) is 13.4. The van der Waals surface area contributed by atoms with Gasteiger partial charge in [0.2, 0.25) is 5.95 Å². The summed E-state index contributed by atoms with van der Waals surface area (Å²) in [7, 11) is 0. The number of benzene rings is 1. The van der Waals surface area contributed by atoms with Gasteiger partial charge in [-0.3, -0.25) is 4.79 Å². The van der Waals surface area contributed by atoms with Crippen LogP contribution >= 0.6 is 0 Å². The van der Waals surface area contributed by atoms with Gasteiger partial charge >= 0.3 is 5.97 Å². The Morgan fingerprint density at radius 3 is 2.67 bits per heavy atom. The van der Waals surface area contributed by atoms with Crippen molar-refractivity contribution in [2.24, 2.45) is 5.41 Å². The van der Waals surface area contributed by atoms with Crippen LogP contribution in [-0.4, -0.2) is 57.0 Å². The van der Waals surface area contributed by atoms with Crippen LogP contribution in [0, 0.1) is 5.41 Å². The van der Waals surface area contributed by atoms with E-state index in [4.69, 9.17) is 0 Å². The molecule has 24 heavy (non-hydrogen) atoms. The number of aliphatic carboxylic acids is 1. The van der Waals surface area contributed by atoms with Crippen LogP contribution < -0.4 is 10.2 Å². The highest BCUT2D eigenvalue weighted by Crippen LogP contribution is 2.40. The quantitative estimate of drug-likeness (QED) is 0.856. The van der Waals surface area contributed by atoms with Crippen molar-refractivity contribution in [3.63, 3.8) is 0 Å². The summed E-state index contributed by atoms with van der Waals surface area (Å²) < 4.78 is 1.75. The summed E-state index contributed by atoms with van der Waals surface area (Å²) in [6.45, 7) is 2.45. The SMILES string of the molecule is O=C(O)[C@H]1CC2(CCN(c3nnnn3-c3ccccc3)CC2)CN1. The van der Waals surface area contributed by atoms with E-state index in [9.17, 15) is 9.90 Å². The number of carboxylic acid groups (broad SMARTS) is 1. The van der Waals surface area contributed by atoms with Crippen molar-refractivity contribution in [1.29, 1.82) is 0 Å². The highest BCUT2D eigenvalue weighted by molar-refractivity contribution is 5.74. The third-order valence-corrected chi connectivity index (χ3v) is 5.22. The van der Waals surface area contributed by atoms with Crippen LogP contribution in [-0.2, 0) is 4.79 Å². The van der Waals surface area contributed by atoms with Gasteiger partial charge in [0.25, 0.3) is 0 Å². The molecule has 2 aromatic rings. The molecule has 2 fully saturated rings. The topological polar surface area (TPSA) is 96.2 Å². The Morgan fingerprint density at radius 1 is 1.25 bits per heavy atom. The molecule has 1 aromatic carbocycles. The molecule has 0 saturated carbocycles. The highest BCUT2D eigenvalue weighted by Gasteiger charge is 2.44. The van der Waals surface area contributed by atoms with Crippen LogP contribution in [0.3, 0.4) is 0 Å². The van der Waals surface area contributed by atoms with E-state index in [1.54, 1.807) is 4.68 Å². The second-order valence-corrected chi connectivity index (χ2v) is 6.69. The van der Waals surface area contributed by atoms with Gasteiger partial charge in [0.15, 0.2) is 0 Å². The smallest absolute Gasteiger partial charge is 0.320 e. The fourth-order valence-corrected chi connectivity index (χ4v) is 3.77. The third kappa shape index (κ3) is 2.62. The molecular weight excluding hydrogens is 308 g/mol. The average molecular weight is 328 g/mol. The Morgan fingerprint density at radius 2 is 2.00 bits per heavy atom. The number of piperidine rings is 1. The van der Waals surface area contributed by atoms with E-state index in [2.05, 4.69) is 25.7 Å². The summed E-state index contributed by atoms with van der Waals surface area (Å²) in [5.74, 6) is -0.000819. The molecule has 1 aromatic heterocycles. The van der Waals surface area contributed by atoms with E-state index in [0.717, 1.165) is 44.1 Å². The second-order valence-electron chi connectivity index (χ2n) is 6.69. The summed E-state index contributed by atoms with van der Waals surface area (Å²) in [5, 5.41) is 24.5. The molecule has 8 nitrogen and oxygen atoms in total. The second kappa shape index (κ2) is 5.86. The van der Waals surface area contributed by atoms with Gasteiger partial charge in [-0.2, -0.15) is 4.68 Å². The van der Waals surface area contributed by atoms with Crippen LogP contribution in [0.5, 0.6) is 0 Å². The van der Waals surface area contributed by atoms with Crippen molar-refractivity contribution >= 4 is 11.9 Å². The molecule has 0 amide bonds. The van der Waals surface area contributed by atoms with E-state index in [1.807, 2.05) is 30.3 Å². The Balaban J connectivity index is 1.48. The van der Waals surface area contributed by atoms with E-state index in [0.29, 0.717) is 6.42 Å². The van der Waals surface area contributed by atoms with Crippen molar-refractivity contribution in [3.8, 4) is 5.69 Å². The molecule has 2 aliphatic rings. The first-order valence-electron chi connectivity index (χ1n) is 8.22. The molecule has 2 saturated heterocycles. The average Bonchev–Trinajstić information content (AvgIpc) is 3.24. The fraction of sp³-hybridized carbons (Fsp3) is 0.500. The summed E-state index contributed by atoms with van der Waals surface area (Å²) in [6, 6.07) is 9.42. The van der Waals surface area contributed by atoms with Gasteiger partial charge in [0.1, 0.15) is 6.04 Å². The van der Waals surface area contributed by atoms with Crippen LogP contribution in [0.25, 0.3) is 5.69 Å². The first kappa shape index (κ1) is 15.1. The van der Waals surface area contributed by atoms with Crippen molar-refractivity contribution in [2.75, 3.05) is 24.5 Å². The highest BCUT2D eigenvalue weighted by atomic mass is 16.4. The lowest BCUT2D eigenvalue weighted by atomic mass is 9.76. The Labute approximate surface area is 139 Å². The van der Waals surface area contributed by atoms with Crippen molar-refractivity contribution < 1.29 is 9.90 Å². The molecule has 2 aliphatic heterocycles. The number of nitrogens with zero attached hydrogens (tertiary/aromatic N) is 5. The lowest BCUT2D eigenvalue weighted by Gasteiger charge is -2.38. The van der Waals surface area contributed by atoms with Gasteiger partial charge in [-0.15, -0.1) is 0 Å². The predicted molar refractivity (Wildman–Crippen MR) is 87.1 cm³/mol. The number of carbonyl (C=O) groups is 1. The van der Waals surface area contributed by atoms with Crippen LogP contribution in [0.1, 0.15) is 19.3 Å². The zero-order valence-corrected chi connectivity index (χ0v) is 13.3. The monoisotopic (exact) mass is 328 g/mol. The summed E-state index contributed by atoms with van der Waals surface area (Å²) >= 11 is 0. The molecule has 0 radical (unpaired) electrons. The van der Waals surface area contributed by atoms with Gasteiger partial charge in [0.05, 0.1) is 5.69 Å². The van der Waals surface area contributed by atoms with Gasteiger partial charge in [-0.05, 0) is 47.2 Å². The standard InChI is InChI=1S/C16H20N6O2/c23-14(24)13-10-16(11-17-13)6-8-21(9-7-16)15-18-19-20-22(15)12-4-2-1-3-5-12/h1-5,13,17H,6-11H2,(H,23,24)/t13-/m1/s1. The first-order valence-corrected chi connectivity index (χ1v) is 8.22. The Hall–Kier alpha value is -2.48. The molecule has 0 aliphatic carbocycles. The maximum absolute atomic E-state index is 11.2. The number of tetrazole rings is 1. The Kier molecular flexibility index (Phi) is 3.68. The number of para-hydroxylation sites is 1. The van der Waals surface area contributed by atoms with Crippen molar-refractivity contribution in [3.05, 3.63) is 30.3 Å². The maximum atomic E-state index is 11.2. The number of hydrogen-bond donors (Lipinski definition) is 2. The molecule has 0 unspecified atom stereocenters. The molecule has 1 spiro atoms. The molecule has 2 N–H and O–H groups in total. The minimum Gasteiger partial charge on any atom is -0.480 e. The molecule has 4 rings (SSSR count). The number of nitrogens with one attached hydrogen (secondary N) is 1. The van der Waals surface area contributed by atoms with Gasteiger partial charge < -0.3 is 15.3 Å². The maximum Gasteiger partial charge on any atom is 0.320 e. The zero-order chi connectivity index (χ0) is 16.6. The normalized spacial score (nSPS) is 22.8. The van der Waals surface area contributed by atoms with Gasteiger partial charge in [0, 0.05) is 19.6 Å². The number of anilines is 1. The van der Waals surface area contributed by atoms with E-state index < -0.39 is 12.0 Å². The van der Waals surface area contributed by atoms with Gasteiger partial charge in [-0.25, -0.2) is 0 Å². The van der Waals surface area contributed by atoms with E-state index in [1.165, 1.54) is 0 Å². The first-order chi connectivity index (χ1) is 11.7. The molecule has 0 bridgehead atoms. The zero-order valence-electron chi connectivity index (χ0n) is 13.3. The Bertz CT molecular complexity index is 723. The lowest BCUT2D eigenvalue weighted by molar-refractivity contribution is -0.139. The summed E-state index contributed by atoms with van der Waals surface area (Å²) in [6.07, 6.45) is 2.61. The summed E-state index contributed by atoms with van der Waals surface area (Å²) in [5.41, 5.74) is 1.02. The lowest BCUT2D eigenvalue weighted by Crippen LogP contribution is -2.42. The minimum atomic E-state index is -0.748. The van der Waals surface area contributed by atoms with Crippen LogP contribution in [0.2, 0.25) is 0 Å². The van der Waals surface area contributed by atoms with E-state index >= 15 is 0 Å². The predicted octanol–water partition coefficient (Wildman–Crippen LogP) is 0.695. The van der Waals surface area contributed by atoms with Gasteiger partial charge in [-0.1, -0.05) is 23.3 Å². The number of rotatable bonds is 3. The van der Waals surface area contributed by atoms with E-state index in [-0.39, 0.29) is 5.41 Å². The molecule has 3 heterocycles. The molecule has 1 atom stereocenters. The minimum absolute atomic E-state index is 0.0879. The molecule has 8 heteroatoms. The fourth-order valence-electron chi connectivity index (χ4n) is 3.77. The van der Waals surface area contributed by atoms with Crippen LogP contribution in [0.15, 0.2) is 30.3 Å². The number of carboxylic acids is 1. The van der Waals surface area contributed by atoms with Crippen LogP contribution in [0.4, 0.5) is 5.95 Å². The third-order valence-electron chi connectivity index (χ3n) is 5.22. The largest absolute Gasteiger partial charge is 0.480 e. The number of aromatic nitrogens is 4. The van der Waals surface area contributed by atoms with Crippen molar-refractivity contribution in [1.82, 2.24) is 25.5 Å². The van der Waals surface area contributed by atoms with Crippen molar-refractivity contribution in [2.45, 2.75) is 25.3 Å². The number of hydrogen-bond acceptors (Lipinski definition) is 6.